The van der Waals surface area contributed by atoms with Crippen LogP contribution in [0.3, 0.4) is 0 Å². The Hall–Kier alpha value is -1.14. The Kier molecular flexibility index (Phi) is 2.86. The Morgan fingerprint density at radius 3 is 2.94 bits per heavy atom. The highest BCUT2D eigenvalue weighted by molar-refractivity contribution is 7.92. The highest BCUT2D eigenvalue weighted by Crippen LogP contribution is 2.34. The first-order valence-electron chi connectivity index (χ1n) is 5.17. The molecule has 1 aliphatic heterocycles. The summed E-state index contributed by atoms with van der Waals surface area (Å²) in [5, 5.41) is 5.09. The van der Waals surface area contributed by atoms with Gasteiger partial charge in [-0.3, -0.25) is 4.68 Å². The summed E-state index contributed by atoms with van der Waals surface area (Å²) >= 11 is 0. The van der Waals surface area contributed by atoms with E-state index in [0.717, 1.165) is 23.8 Å². The second kappa shape index (κ2) is 4.03. The van der Waals surface area contributed by atoms with Gasteiger partial charge in [0, 0.05) is 30.8 Å². The van der Waals surface area contributed by atoms with E-state index in [0.29, 0.717) is 6.54 Å². The molecule has 16 heavy (non-hydrogen) atoms. The number of aromatic nitrogens is 2. The summed E-state index contributed by atoms with van der Waals surface area (Å²) in [6, 6.07) is -0.0864. The van der Waals surface area contributed by atoms with Crippen molar-refractivity contribution in [1.82, 2.24) is 14.1 Å². The molecule has 1 atom stereocenters. The Bertz CT molecular complexity index is 492. The van der Waals surface area contributed by atoms with E-state index in [1.165, 1.54) is 4.31 Å². The van der Waals surface area contributed by atoms with E-state index in [9.17, 15) is 8.42 Å². The number of rotatable bonds is 3. The van der Waals surface area contributed by atoms with Crippen LogP contribution < -0.4 is 0 Å². The zero-order valence-electron chi connectivity index (χ0n) is 9.20. The molecule has 5 nitrogen and oxygen atoms in total. The molecular weight excluding hydrogens is 226 g/mol. The molecule has 2 heterocycles. The van der Waals surface area contributed by atoms with Crippen LogP contribution in [0.2, 0.25) is 0 Å². The third kappa shape index (κ3) is 1.90. The third-order valence-electron chi connectivity index (χ3n) is 2.85. The number of hydrogen-bond donors (Lipinski definition) is 0. The van der Waals surface area contributed by atoms with Gasteiger partial charge < -0.3 is 0 Å². The molecule has 1 aliphatic rings. The van der Waals surface area contributed by atoms with E-state index in [4.69, 9.17) is 0 Å². The maximum absolute atomic E-state index is 11.8. The quantitative estimate of drug-likeness (QED) is 0.794. The summed E-state index contributed by atoms with van der Waals surface area (Å²) in [4.78, 5) is 0. The van der Waals surface area contributed by atoms with Gasteiger partial charge in [0.25, 0.3) is 0 Å². The predicted molar refractivity (Wildman–Crippen MR) is 61.0 cm³/mol. The molecule has 0 bridgehead atoms. The minimum absolute atomic E-state index is 0.0864. The monoisotopic (exact) mass is 241 g/mol. The lowest BCUT2D eigenvalue weighted by atomic mass is 10.1. The van der Waals surface area contributed by atoms with Crippen LogP contribution in [0.25, 0.3) is 0 Å². The average molecular weight is 241 g/mol. The maximum Gasteiger partial charge on any atom is 0.236 e. The fourth-order valence-electron chi connectivity index (χ4n) is 2.09. The van der Waals surface area contributed by atoms with Crippen LogP contribution in [0.5, 0.6) is 0 Å². The van der Waals surface area contributed by atoms with Crippen LogP contribution in [-0.4, -0.2) is 29.0 Å². The first-order chi connectivity index (χ1) is 7.54. The van der Waals surface area contributed by atoms with Gasteiger partial charge in [-0.25, -0.2) is 8.42 Å². The molecular formula is C10H15N3O2S. The summed E-state index contributed by atoms with van der Waals surface area (Å²) < 4.78 is 26.7. The largest absolute Gasteiger partial charge is 0.275 e. The van der Waals surface area contributed by atoms with Crippen LogP contribution in [0.15, 0.2) is 24.4 Å². The van der Waals surface area contributed by atoms with Gasteiger partial charge in [0.1, 0.15) is 0 Å². The zero-order valence-corrected chi connectivity index (χ0v) is 10.0. The van der Waals surface area contributed by atoms with Crippen molar-refractivity contribution in [2.24, 2.45) is 7.05 Å². The first kappa shape index (κ1) is 11.3. The van der Waals surface area contributed by atoms with Gasteiger partial charge in [0.15, 0.2) is 0 Å². The Morgan fingerprint density at radius 1 is 1.62 bits per heavy atom. The van der Waals surface area contributed by atoms with Gasteiger partial charge >= 0.3 is 0 Å². The number of aryl methyl sites for hydroxylation is 1. The van der Waals surface area contributed by atoms with Crippen LogP contribution in [-0.2, 0) is 17.1 Å². The van der Waals surface area contributed by atoms with Crippen molar-refractivity contribution < 1.29 is 8.42 Å². The molecule has 1 aromatic rings. The standard InChI is InChI=1S/C10H15N3O2S/c1-3-16(14,15)13-6-4-5-10(13)9-7-11-12(2)8-9/h3,7-8,10H,1,4-6H2,2H3. The SMILES string of the molecule is C=CS(=O)(=O)N1CCCC1c1cnn(C)c1. The molecule has 0 spiro atoms. The highest BCUT2D eigenvalue weighted by atomic mass is 32.2. The van der Waals surface area contributed by atoms with Crippen molar-refractivity contribution in [1.29, 1.82) is 0 Å². The van der Waals surface area contributed by atoms with Gasteiger partial charge in [-0.2, -0.15) is 9.40 Å². The van der Waals surface area contributed by atoms with Gasteiger partial charge in [-0.05, 0) is 12.8 Å². The fraction of sp³-hybridized carbons (Fsp3) is 0.500. The minimum atomic E-state index is -3.33. The second-order valence-electron chi connectivity index (χ2n) is 3.93. The van der Waals surface area contributed by atoms with E-state index in [2.05, 4.69) is 11.7 Å². The van der Waals surface area contributed by atoms with E-state index >= 15 is 0 Å². The van der Waals surface area contributed by atoms with Gasteiger partial charge in [0.05, 0.1) is 12.2 Å². The third-order valence-corrected chi connectivity index (χ3v) is 4.36. The summed E-state index contributed by atoms with van der Waals surface area (Å²) in [7, 11) is -1.50. The molecule has 0 N–H and O–H groups in total. The molecule has 6 heteroatoms. The smallest absolute Gasteiger partial charge is 0.236 e. The Labute approximate surface area is 95.4 Å². The second-order valence-corrected chi connectivity index (χ2v) is 5.76. The van der Waals surface area contributed by atoms with E-state index < -0.39 is 10.0 Å². The normalized spacial score (nSPS) is 22.4. The van der Waals surface area contributed by atoms with Crippen LogP contribution in [0.1, 0.15) is 24.4 Å². The first-order valence-corrected chi connectivity index (χ1v) is 6.68. The maximum atomic E-state index is 11.8. The van der Waals surface area contributed by atoms with Crippen molar-refractivity contribution in [3.8, 4) is 0 Å². The summed E-state index contributed by atoms with van der Waals surface area (Å²) in [5.74, 6) is 0. The molecule has 1 aromatic heterocycles. The molecule has 0 aromatic carbocycles. The average Bonchev–Trinajstić information content (AvgIpc) is 2.85. The van der Waals surface area contributed by atoms with Crippen molar-refractivity contribution in [3.05, 3.63) is 29.9 Å². The summed E-state index contributed by atoms with van der Waals surface area (Å²) in [6.45, 7) is 3.92. The molecule has 0 aliphatic carbocycles. The lowest BCUT2D eigenvalue weighted by Crippen LogP contribution is -2.28. The molecule has 0 amide bonds. The number of sulfonamides is 1. The fourth-order valence-corrected chi connectivity index (χ4v) is 3.24. The molecule has 88 valence electrons. The molecule has 1 fully saturated rings. The molecule has 0 saturated carbocycles. The Morgan fingerprint density at radius 2 is 2.38 bits per heavy atom. The molecule has 1 unspecified atom stereocenters. The minimum Gasteiger partial charge on any atom is -0.275 e. The molecule has 0 radical (unpaired) electrons. The topological polar surface area (TPSA) is 55.2 Å². The van der Waals surface area contributed by atoms with Crippen LogP contribution in [0, 0.1) is 0 Å². The number of nitrogens with zero attached hydrogens (tertiary/aromatic N) is 3. The van der Waals surface area contributed by atoms with Crippen molar-refractivity contribution in [2.75, 3.05) is 6.54 Å². The zero-order chi connectivity index (χ0) is 11.8. The molecule has 2 rings (SSSR count). The van der Waals surface area contributed by atoms with Gasteiger partial charge in [-0.15, -0.1) is 0 Å². The lowest BCUT2D eigenvalue weighted by molar-refractivity contribution is 0.402. The summed E-state index contributed by atoms with van der Waals surface area (Å²) in [6.07, 6.45) is 5.31. The van der Waals surface area contributed by atoms with Crippen LogP contribution in [0.4, 0.5) is 0 Å². The number of hydrogen-bond acceptors (Lipinski definition) is 3. The summed E-state index contributed by atoms with van der Waals surface area (Å²) in [5.41, 5.74) is 0.949. The van der Waals surface area contributed by atoms with Crippen molar-refractivity contribution in [2.45, 2.75) is 18.9 Å². The van der Waals surface area contributed by atoms with E-state index in [1.54, 1.807) is 10.9 Å². The predicted octanol–water partition coefficient (Wildman–Crippen LogP) is 1.03. The Balaban J connectivity index is 2.32. The highest BCUT2D eigenvalue weighted by Gasteiger charge is 2.33. The van der Waals surface area contributed by atoms with Crippen molar-refractivity contribution in [3.63, 3.8) is 0 Å². The van der Waals surface area contributed by atoms with Crippen LogP contribution >= 0.6 is 0 Å². The van der Waals surface area contributed by atoms with Gasteiger partial charge in [-0.1, -0.05) is 6.58 Å². The van der Waals surface area contributed by atoms with E-state index in [-0.39, 0.29) is 6.04 Å². The van der Waals surface area contributed by atoms with Crippen molar-refractivity contribution >= 4 is 10.0 Å². The van der Waals surface area contributed by atoms with E-state index in [1.807, 2.05) is 13.2 Å². The molecule has 1 saturated heterocycles. The van der Waals surface area contributed by atoms with Gasteiger partial charge in [0.2, 0.25) is 10.0 Å². The lowest BCUT2D eigenvalue weighted by Gasteiger charge is -2.20.